The second kappa shape index (κ2) is 8.07. The smallest absolute Gasteiger partial charge is 0.270 e. The normalized spacial score (nSPS) is 16.2. The number of nitrogens with one attached hydrogen (secondary N) is 1. The summed E-state index contributed by atoms with van der Waals surface area (Å²) in [5.74, 6) is -2.11. The van der Waals surface area contributed by atoms with Crippen molar-refractivity contribution in [3.05, 3.63) is 46.5 Å². The Kier molecular flexibility index (Phi) is 6.06. The van der Waals surface area contributed by atoms with E-state index in [1.54, 1.807) is 30.3 Å². The first-order valence-electron chi connectivity index (χ1n) is 7.36. The van der Waals surface area contributed by atoms with Crippen molar-refractivity contribution in [2.75, 3.05) is 5.32 Å². The van der Waals surface area contributed by atoms with Crippen LogP contribution in [0.25, 0.3) is 6.08 Å². The van der Waals surface area contributed by atoms with Gasteiger partial charge in [0, 0.05) is 18.8 Å². The van der Waals surface area contributed by atoms with E-state index in [1.165, 1.54) is 13.8 Å². The number of amides is 3. The molecule has 3 N–H and O–H groups in total. The third kappa shape index (κ3) is 4.64. The molecule has 0 saturated carbocycles. The Bertz CT molecular complexity index is 856. The first-order chi connectivity index (χ1) is 12.2. The largest absolute Gasteiger partial charge is 0.365 e. The molecule has 134 valence electrons. The average Bonchev–Trinajstić information content (AvgIpc) is 2.80. The van der Waals surface area contributed by atoms with Gasteiger partial charge in [0.2, 0.25) is 5.91 Å². The highest BCUT2D eigenvalue weighted by Gasteiger charge is 2.32. The molecule has 1 aliphatic rings. The Morgan fingerprint density at radius 1 is 1.19 bits per heavy atom. The van der Waals surface area contributed by atoms with Crippen LogP contribution in [0.2, 0.25) is 0 Å². The number of nitrogens with zero attached hydrogens (tertiary/aromatic N) is 1. The summed E-state index contributed by atoms with van der Waals surface area (Å²) in [7, 11) is 0. The van der Waals surface area contributed by atoms with Gasteiger partial charge in [0.15, 0.2) is 10.1 Å². The first kappa shape index (κ1) is 19.5. The SMILES string of the molecule is CC(=O)Nc1ccc(/C=C2\SC(=S)N(C=C(C(C)=O)C(N)=O)C2=O)cc1. The predicted molar refractivity (Wildman–Crippen MR) is 104 cm³/mol. The lowest BCUT2D eigenvalue weighted by atomic mass is 10.2. The molecule has 0 radical (unpaired) electrons. The number of benzene rings is 1. The van der Waals surface area contributed by atoms with Gasteiger partial charge in [0.25, 0.3) is 11.8 Å². The van der Waals surface area contributed by atoms with Crippen LogP contribution in [0, 0.1) is 0 Å². The molecule has 1 aromatic carbocycles. The van der Waals surface area contributed by atoms with E-state index in [0.717, 1.165) is 28.4 Å². The summed E-state index contributed by atoms with van der Waals surface area (Å²) in [6, 6.07) is 6.87. The van der Waals surface area contributed by atoms with Crippen LogP contribution in [0.15, 0.2) is 40.9 Å². The summed E-state index contributed by atoms with van der Waals surface area (Å²) >= 11 is 6.19. The van der Waals surface area contributed by atoms with Crippen molar-refractivity contribution in [2.24, 2.45) is 5.73 Å². The number of thiocarbonyl (C=S) groups is 1. The zero-order valence-corrected chi connectivity index (χ0v) is 15.6. The number of hydrogen-bond acceptors (Lipinski definition) is 6. The van der Waals surface area contributed by atoms with Gasteiger partial charge >= 0.3 is 0 Å². The van der Waals surface area contributed by atoms with E-state index in [2.05, 4.69) is 5.32 Å². The van der Waals surface area contributed by atoms with Crippen LogP contribution in [-0.2, 0) is 19.2 Å². The second-order valence-corrected chi connectivity index (χ2v) is 6.99. The predicted octanol–water partition coefficient (Wildman–Crippen LogP) is 1.80. The van der Waals surface area contributed by atoms with Gasteiger partial charge in [-0.25, -0.2) is 0 Å². The fraction of sp³-hybridized carbons (Fsp3) is 0.118. The number of rotatable bonds is 5. The lowest BCUT2D eigenvalue weighted by molar-refractivity contribution is -0.120. The molecule has 3 amide bonds. The van der Waals surface area contributed by atoms with Crippen molar-refractivity contribution in [1.29, 1.82) is 0 Å². The summed E-state index contributed by atoms with van der Waals surface area (Å²) in [5.41, 5.74) is 6.21. The topological polar surface area (TPSA) is 110 Å². The Morgan fingerprint density at radius 2 is 1.81 bits per heavy atom. The number of primary amides is 1. The van der Waals surface area contributed by atoms with E-state index in [9.17, 15) is 19.2 Å². The maximum absolute atomic E-state index is 12.5. The number of anilines is 1. The molecule has 1 saturated heterocycles. The van der Waals surface area contributed by atoms with Crippen molar-refractivity contribution in [2.45, 2.75) is 13.8 Å². The minimum Gasteiger partial charge on any atom is -0.365 e. The van der Waals surface area contributed by atoms with Crippen LogP contribution in [0.4, 0.5) is 5.69 Å². The molecule has 1 aromatic rings. The Labute approximate surface area is 159 Å². The standard InChI is InChI=1S/C17H15N3O4S2/c1-9(21)13(15(18)23)8-20-16(24)14(26-17(20)25)7-11-3-5-12(6-4-11)19-10(2)22/h3-8H,1-2H3,(H2,18,23)(H,19,22)/b13-8?,14-7-. The molecule has 0 aliphatic carbocycles. The highest BCUT2D eigenvalue weighted by Crippen LogP contribution is 2.33. The van der Waals surface area contributed by atoms with Gasteiger partial charge in [-0.1, -0.05) is 36.1 Å². The molecule has 0 atom stereocenters. The van der Waals surface area contributed by atoms with Gasteiger partial charge in [-0.15, -0.1) is 0 Å². The maximum Gasteiger partial charge on any atom is 0.270 e. The fourth-order valence-electron chi connectivity index (χ4n) is 2.07. The van der Waals surface area contributed by atoms with Crippen molar-refractivity contribution >= 4 is 63.6 Å². The highest BCUT2D eigenvalue weighted by atomic mass is 32.2. The maximum atomic E-state index is 12.5. The van der Waals surface area contributed by atoms with Crippen molar-refractivity contribution in [3.63, 3.8) is 0 Å². The summed E-state index contributed by atoms with van der Waals surface area (Å²) in [6.07, 6.45) is 2.70. The molecular formula is C17H15N3O4S2. The van der Waals surface area contributed by atoms with Gasteiger partial charge in [-0.2, -0.15) is 0 Å². The molecule has 0 aromatic heterocycles. The summed E-state index contributed by atoms with van der Waals surface area (Å²) in [4.78, 5) is 47.7. The Hall–Kier alpha value is -2.78. The number of Topliss-reactive ketones (excluding diaryl/α,β-unsaturated/α-hetero) is 1. The molecule has 1 heterocycles. The van der Waals surface area contributed by atoms with E-state index in [0.29, 0.717) is 10.6 Å². The van der Waals surface area contributed by atoms with E-state index in [1.807, 2.05) is 0 Å². The van der Waals surface area contributed by atoms with Crippen LogP contribution >= 0.6 is 24.0 Å². The van der Waals surface area contributed by atoms with Crippen molar-refractivity contribution in [1.82, 2.24) is 4.90 Å². The van der Waals surface area contributed by atoms with Gasteiger partial charge in [0.05, 0.1) is 10.5 Å². The van der Waals surface area contributed by atoms with Crippen LogP contribution in [0.1, 0.15) is 19.4 Å². The van der Waals surface area contributed by atoms with Crippen LogP contribution in [0.5, 0.6) is 0 Å². The molecule has 0 spiro atoms. The van der Waals surface area contributed by atoms with Gasteiger partial charge < -0.3 is 11.1 Å². The Balaban J connectivity index is 2.26. The monoisotopic (exact) mass is 389 g/mol. The lowest BCUT2D eigenvalue weighted by Crippen LogP contribution is -2.27. The summed E-state index contributed by atoms with van der Waals surface area (Å²) in [6.45, 7) is 2.59. The molecule has 0 bridgehead atoms. The van der Waals surface area contributed by atoms with Crippen LogP contribution < -0.4 is 11.1 Å². The van der Waals surface area contributed by atoms with Crippen LogP contribution in [0.3, 0.4) is 0 Å². The number of carbonyl (C=O) groups excluding carboxylic acids is 4. The zero-order valence-electron chi connectivity index (χ0n) is 13.9. The van der Waals surface area contributed by atoms with E-state index >= 15 is 0 Å². The van der Waals surface area contributed by atoms with Gasteiger partial charge in [0.1, 0.15) is 0 Å². The number of thioether (sulfide) groups is 1. The molecule has 7 nitrogen and oxygen atoms in total. The molecule has 1 fully saturated rings. The Morgan fingerprint density at radius 3 is 2.31 bits per heavy atom. The van der Waals surface area contributed by atoms with E-state index in [-0.39, 0.29) is 15.8 Å². The number of ketones is 1. The van der Waals surface area contributed by atoms with Crippen molar-refractivity contribution < 1.29 is 19.2 Å². The number of hydrogen-bond donors (Lipinski definition) is 2. The van der Waals surface area contributed by atoms with Gasteiger partial charge in [-0.05, 0) is 30.7 Å². The fourth-order valence-corrected chi connectivity index (χ4v) is 3.27. The highest BCUT2D eigenvalue weighted by molar-refractivity contribution is 8.26. The van der Waals surface area contributed by atoms with Crippen LogP contribution in [-0.4, -0.2) is 32.7 Å². The quantitative estimate of drug-likeness (QED) is 0.344. The molecule has 2 rings (SSSR count). The third-order valence-electron chi connectivity index (χ3n) is 3.26. The molecule has 1 aliphatic heterocycles. The minimum atomic E-state index is -0.927. The third-order valence-corrected chi connectivity index (χ3v) is 4.59. The number of nitrogens with two attached hydrogens (primary N) is 1. The van der Waals surface area contributed by atoms with E-state index < -0.39 is 17.6 Å². The summed E-state index contributed by atoms with van der Waals surface area (Å²) < 4.78 is 0.191. The van der Waals surface area contributed by atoms with Crippen molar-refractivity contribution in [3.8, 4) is 0 Å². The average molecular weight is 389 g/mol. The second-order valence-electron chi connectivity index (χ2n) is 5.32. The van der Waals surface area contributed by atoms with E-state index in [4.69, 9.17) is 18.0 Å². The number of carbonyl (C=O) groups is 4. The molecule has 26 heavy (non-hydrogen) atoms. The molecule has 9 heteroatoms. The lowest BCUT2D eigenvalue weighted by Gasteiger charge is -2.09. The molecule has 0 unspecified atom stereocenters. The summed E-state index contributed by atoms with van der Waals surface area (Å²) in [5, 5.41) is 2.65. The van der Waals surface area contributed by atoms with Gasteiger partial charge in [-0.3, -0.25) is 24.1 Å². The minimum absolute atomic E-state index is 0.180. The molecular weight excluding hydrogens is 374 g/mol. The first-order valence-corrected chi connectivity index (χ1v) is 8.59. The zero-order chi connectivity index (χ0) is 19.4.